The van der Waals surface area contributed by atoms with Crippen LogP contribution in [0.5, 0.6) is 0 Å². The second-order valence-electron chi connectivity index (χ2n) is 5.44. The fourth-order valence-corrected chi connectivity index (χ4v) is 2.46. The van der Waals surface area contributed by atoms with E-state index in [9.17, 15) is 14.9 Å². The van der Waals surface area contributed by atoms with Gasteiger partial charge in [-0.25, -0.2) is 0 Å². The fraction of sp³-hybridized carbons (Fsp3) is 0.118. The molecule has 132 valence electrons. The molecule has 0 spiro atoms. The lowest BCUT2D eigenvalue weighted by Gasteiger charge is -2.10. The van der Waals surface area contributed by atoms with E-state index in [1.165, 1.54) is 24.3 Å². The van der Waals surface area contributed by atoms with E-state index < -0.39 is 11.0 Å². The van der Waals surface area contributed by atoms with Gasteiger partial charge in [0.1, 0.15) is 6.04 Å². The first kappa shape index (κ1) is 17.6. The third-order valence-electron chi connectivity index (χ3n) is 3.61. The zero-order valence-corrected chi connectivity index (χ0v) is 14.3. The molecular weight excluding hydrogens is 360 g/mol. The highest BCUT2D eigenvalue weighted by Gasteiger charge is 2.19. The summed E-state index contributed by atoms with van der Waals surface area (Å²) in [5.41, 5.74) is 0.879. The number of nitro benzene ring substituents is 1. The lowest BCUT2D eigenvalue weighted by molar-refractivity contribution is -0.384. The average molecular weight is 373 g/mol. The van der Waals surface area contributed by atoms with Gasteiger partial charge in [-0.15, -0.1) is 0 Å². The summed E-state index contributed by atoms with van der Waals surface area (Å²) in [6.07, 6.45) is 0. The lowest BCUT2D eigenvalue weighted by Crippen LogP contribution is -2.27. The highest BCUT2D eigenvalue weighted by molar-refractivity contribution is 6.33. The van der Waals surface area contributed by atoms with Gasteiger partial charge < -0.3 is 9.84 Å². The van der Waals surface area contributed by atoms with Crippen molar-refractivity contribution >= 4 is 23.2 Å². The van der Waals surface area contributed by atoms with Gasteiger partial charge in [0.05, 0.1) is 15.5 Å². The normalized spacial score (nSPS) is 11.8. The Morgan fingerprint density at radius 3 is 2.58 bits per heavy atom. The SMILES string of the molecule is C[C@H](NC(=O)c1ccccc1Cl)c1nc(-c2ccc([N+](=O)[O-])cc2)no1. The van der Waals surface area contributed by atoms with Crippen molar-refractivity contribution in [1.82, 2.24) is 15.5 Å². The van der Waals surface area contributed by atoms with Crippen LogP contribution in [0.3, 0.4) is 0 Å². The Kier molecular flexibility index (Phi) is 4.94. The predicted molar refractivity (Wildman–Crippen MR) is 93.7 cm³/mol. The Morgan fingerprint density at radius 1 is 1.23 bits per heavy atom. The van der Waals surface area contributed by atoms with Crippen LogP contribution < -0.4 is 5.32 Å². The number of hydrogen-bond acceptors (Lipinski definition) is 6. The first-order chi connectivity index (χ1) is 12.5. The Hall–Kier alpha value is -3.26. The molecule has 0 aliphatic carbocycles. The molecule has 0 bridgehead atoms. The number of carbonyl (C=O) groups excluding carboxylic acids is 1. The molecule has 1 N–H and O–H groups in total. The van der Waals surface area contributed by atoms with Crippen molar-refractivity contribution in [3.8, 4) is 11.4 Å². The number of nitrogens with one attached hydrogen (secondary N) is 1. The number of halogens is 1. The van der Waals surface area contributed by atoms with Gasteiger partial charge in [0.15, 0.2) is 0 Å². The molecule has 0 saturated carbocycles. The standard InChI is InChI=1S/C17H13ClN4O4/c1-10(19-16(23)13-4-2-3-5-14(13)18)17-20-15(21-26-17)11-6-8-12(9-7-11)22(24)25/h2-10H,1H3,(H,19,23)/t10-/m0/s1. The van der Waals surface area contributed by atoms with Gasteiger partial charge >= 0.3 is 0 Å². The van der Waals surface area contributed by atoms with Crippen molar-refractivity contribution in [3.63, 3.8) is 0 Å². The molecule has 0 saturated heterocycles. The number of amides is 1. The van der Waals surface area contributed by atoms with Crippen molar-refractivity contribution in [2.75, 3.05) is 0 Å². The van der Waals surface area contributed by atoms with E-state index in [0.29, 0.717) is 16.1 Å². The van der Waals surface area contributed by atoms with Crippen LogP contribution in [0.2, 0.25) is 5.02 Å². The molecule has 9 heteroatoms. The van der Waals surface area contributed by atoms with Crippen molar-refractivity contribution in [3.05, 3.63) is 75.1 Å². The van der Waals surface area contributed by atoms with E-state index in [4.69, 9.17) is 16.1 Å². The summed E-state index contributed by atoms with van der Waals surface area (Å²) in [4.78, 5) is 26.7. The number of nitrogens with zero attached hydrogens (tertiary/aromatic N) is 3. The van der Waals surface area contributed by atoms with E-state index >= 15 is 0 Å². The molecule has 26 heavy (non-hydrogen) atoms. The second kappa shape index (κ2) is 7.32. The van der Waals surface area contributed by atoms with Crippen molar-refractivity contribution in [2.45, 2.75) is 13.0 Å². The van der Waals surface area contributed by atoms with Crippen LogP contribution in [-0.4, -0.2) is 21.0 Å². The summed E-state index contributed by atoms with van der Waals surface area (Å²) in [7, 11) is 0. The summed E-state index contributed by atoms with van der Waals surface area (Å²) in [6.45, 7) is 1.70. The molecule has 0 fully saturated rings. The largest absolute Gasteiger partial charge is 0.340 e. The summed E-state index contributed by atoms with van der Waals surface area (Å²) in [6, 6.07) is 11.9. The Balaban J connectivity index is 1.73. The number of benzene rings is 2. The Morgan fingerprint density at radius 2 is 1.92 bits per heavy atom. The highest BCUT2D eigenvalue weighted by Crippen LogP contribution is 2.22. The summed E-state index contributed by atoms with van der Waals surface area (Å²) >= 11 is 6.01. The molecule has 2 aromatic carbocycles. The van der Waals surface area contributed by atoms with Crippen LogP contribution >= 0.6 is 11.6 Å². The van der Waals surface area contributed by atoms with E-state index in [0.717, 1.165) is 0 Å². The average Bonchev–Trinajstić information content (AvgIpc) is 3.12. The third-order valence-corrected chi connectivity index (χ3v) is 3.94. The molecule has 1 amide bonds. The number of non-ortho nitro benzene ring substituents is 1. The first-order valence-corrected chi connectivity index (χ1v) is 7.97. The van der Waals surface area contributed by atoms with E-state index in [1.54, 1.807) is 31.2 Å². The molecule has 0 radical (unpaired) electrons. The third kappa shape index (κ3) is 3.70. The minimum Gasteiger partial charge on any atom is -0.340 e. The second-order valence-corrected chi connectivity index (χ2v) is 5.84. The van der Waals surface area contributed by atoms with Crippen molar-refractivity contribution in [1.29, 1.82) is 0 Å². The molecule has 1 aromatic heterocycles. The molecule has 0 unspecified atom stereocenters. The molecule has 3 rings (SSSR count). The van der Waals surface area contributed by atoms with Crippen LogP contribution in [0, 0.1) is 10.1 Å². The maximum atomic E-state index is 12.3. The van der Waals surface area contributed by atoms with Gasteiger partial charge in [-0.2, -0.15) is 4.98 Å². The minimum atomic E-state index is -0.543. The number of rotatable bonds is 5. The predicted octanol–water partition coefficient (Wildman–Crippen LogP) is 3.79. The number of carbonyl (C=O) groups is 1. The number of hydrogen-bond donors (Lipinski definition) is 1. The number of aromatic nitrogens is 2. The van der Waals surface area contributed by atoms with Crippen LogP contribution in [-0.2, 0) is 0 Å². The van der Waals surface area contributed by atoms with E-state index in [-0.39, 0.29) is 23.3 Å². The van der Waals surface area contributed by atoms with Gasteiger partial charge in [-0.05, 0) is 31.2 Å². The quantitative estimate of drug-likeness (QED) is 0.538. The summed E-state index contributed by atoms with van der Waals surface area (Å²) in [5.74, 6) is 0.116. The molecule has 8 nitrogen and oxygen atoms in total. The smallest absolute Gasteiger partial charge is 0.269 e. The molecule has 1 atom stereocenters. The van der Waals surface area contributed by atoms with Gasteiger partial charge in [0.25, 0.3) is 11.6 Å². The maximum Gasteiger partial charge on any atom is 0.269 e. The van der Waals surface area contributed by atoms with Crippen molar-refractivity contribution < 1.29 is 14.2 Å². The topological polar surface area (TPSA) is 111 Å². The summed E-state index contributed by atoms with van der Waals surface area (Å²) in [5, 5.41) is 17.6. The zero-order chi connectivity index (χ0) is 18.7. The summed E-state index contributed by atoms with van der Waals surface area (Å²) < 4.78 is 5.18. The first-order valence-electron chi connectivity index (χ1n) is 7.59. The fourth-order valence-electron chi connectivity index (χ4n) is 2.24. The van der Waals surface area contributed by atoms with Gasteiger partial charge in [0, 0.05) is 17.7 Å². The van der Waals surface area contributed by atoms with Gasteiger partial charge in [0.2, 0.25) is 11.7 Å². The van der Waals surface area contributed by atoms with Crippen LogP contribution in [0.1, 0.15) is 29.2 Å². The zero-order valence-electron chi connectivity index (χ0n) is 13.5. The van der Waals surface area contributed by atoms with Crippen molar-refractivity contribution in [2.24, 2.45) is 0 Å². The Bertz CT molecular complexity index is 955. The van der Waals surface area contributed by atoms with Crippen LogP contribution in [0.25, 0.3) is 11.4 Å². The van der Waals surface area contributed by atoms with E-state index in [1.807, 2.05) is 0 Å². The highest BCUT2D eigenvalue weighted by atomic mass is 35.5. The molecule has 1 heterocycles. The van der Waals surface area contributed by atoms with Crippen LogP contribution in [0.4, 0.5) is 5.69 Å². The Labute approximate surface area is 152 Å². The molecule has 3 aromatic rings. The molecular formula is C17H13ClN4O4. The molecule has 0 aliphatic heterocycles. The van der Waals surface area contributed by atoms with Gasteiger partial charge in [-0.1, -0.05) is 28.9 Å². The molecule has 0 aliphatic rings. The van der Waals surface area contributed by atoms with E-state index in [2.05, 4.69) is 15.5 Å². The van der Waals surface area contributed by atoms with Crippen LogP contribution in [0.15, 0.2) is 53.1 Å². The minimum absolute atomic E-state index is 0.0298. The lowest BCUT2D eigenvalue weighted by atomic mass is 10.2. The maximum absolute atomic E-state index is 12.3. The van der Waals surface area contributed by atoms with Gasteiger partial charge in [-0.3, -0.25) is 14.9 Å². The monoisotopic (exact) mass is 372 g/mol. The number of nitro groups is 1.